The number of thiophene rings is 3. The summed E-state index contributed by atoms with van der Waals surface area (Å²) in [7, 11) is 0. The Morgan fingerprint density at radius 1 is 0.600 bits per heavy atom. The van der Waals surface area contributed by atoms with Crippen LogP contribution in [0, 0.1) is 0 Å². The van der Waals surface area contributed by atoms with Crippen molar-refractivity contribution in [2.24, 2.45) is 0 Å². The predicted molar refractivity (Wildman–Crippen MR) is 229 cm³/mol. The van der Waals surface area contributed by atoms with Gasteiger partial charge in [-0.3, -0.25) is 28.0 Å². The van der Waals surface area contributed by atoms with Gasteiger partial charge >= 0.3 is 0 Å². The van der Waals surface area contributed by atoms with E-state index in [4.69, 9.17) is 9.97 Å². The molecule has 8 aromatic rings. The van der Waals surface area contributed by atoms with Crippen molar-refractivity contribution in [3.8, 4) is 0 Å². The minimum atomic E-state index is -0.162. The van der Waals surface area contributed by atoms with E-state index in [1.807, 2.05) is 12.1 Å². The second-order valence-corrected chi connectivity index (χ2v) is 18.1. The molecule has 8 rings (SSSR count). The molecule has 0 aliphatic heterocycles. The number of imidazole rings is 2. The summed E-state index contributed by atoms with van der Waals surface area (Å²) in [4.78, 5) is 66.9. The molecule has 10 nitrogen and oxygen atoms in total. The second kappa shape index (κ2) is 16.5. The van der Waals surface area contributed by atoms with Crippen LogP contribution in [0.4, 0.5) is 0 Å². The molecule has 0 spiro atoms. The van der Waals surface area contributed by atoms with Gasteiger partial charge in [0.05, 0.1) is 20.4 Å². The van der Waals surface area contributed by atoms with Crippen LogP contribution in [0.5, 0.6) is 0 Å². The number of aryl methyl sites for hydroxylation is 2. The Kier molecular flexibility index (Phi) is 11.3. The number of amides is 2. The van der Waals surface area contributed by atoms with Gasteiger partial charge in [0, 0.05) is 57.2 Å². The summed E-state index contributed by atoms with van der Waals surface area (Å²) in [6.45, 7) is 5.85. The summed E-state index contributed by atoms with van der Waals surface area (Å²) >= 11 is 4.58. The van der Waals surface area contributed by atoms with Gasteiger partial charge in [-0.2, -0.15) is 0 Å². The Balaban J connectivity index is 1.02. The van der Waals surface area contributed by atoms with Crippen molar-refractivity contribution < 1.29 is 9.59 Å². The Morgan fingerprint density at radius 3 is 1.45 bits per heavy atom. The van der Waals surface area contributed by atoms with E-state index >= 15 is 0 Å². The summed E-state index contributed by atoms with van der Waals surface area (Å²) in [5, 5.41) is 8.76. The zero-order valence-corrected chi connectivity index (χ0v) is 34.1. The topological polar surface area (TPSA) is 127 Å². The van der Waals surface area contributed by atoms with Crippen molar-refractivity contribution in [2.75, 3.05) is 13.1 Å². The fourth-order valence-corrected chi connectivity index (χ4v) is 11.2. The first kappa shape index (κ1) is 37.7. The van der Waals surface area contributed by atoms with Crippen LogP contribution >= 0.6 is 34.0 Å². The molecule has 7 aromatic heterocycles. The lowest BCUT2D eigenvalue weighted by Gasteiger charge is -2.05. The van der Waals surface area contributed by atoms with Gasteiger partial charge in [-0.25, -0.2) is 9.97 Å². The predicted octanol–water partition coefficient (Wildman–Crippen LogP) is 9.35. The molecule has 13 heteroatoms. The van der Waals surface area contributed by atoms with Crippen LogP contribution in [0.2, 0.25) is 0 Å². The highest BCUT2D eigenvalue weighted by Crippen LogP contribution is 2.44. The minimum Gasteiger partial charge on any atom is -0.356 e. The number of aromatic nitrogens is 4. The molecule has 288 valence electrons. The Hall–Kier alpha value is -4.20. The van der Waals surface area contributed by atoms with Gasteiger partial charge < -0.3 is 10.6 Å². The van der Waals surface area contributed by atoms with E-state index in [2.05, 4.69) is 24.5 Å². The Morgan fingerprint density at radius 2 is 1.02 bits per heavy atom. The first-order valence-corrected chi connectivity index (χ1v) is 22.6. The highest BCUT2D eigenvalue weighted by Gasteiger charge is 2.26. The molecule has 0 aliphatic carbocycles. The molecule has 2 amide bonds. The van der Waals surface area contributed by atoms with Gasteiger partial charge in [-0.15, -0.1) is 34.0 Å². The molecule has 7 heterocycles. The molecule has 55 heavy (non-hydrogen) atoms. The summed E-state index contributed by atoms with van der Waals surface area (Å²) in [6.07, 6.45) is 16.3. The molecule has 0 aliphatic rings. The molecule has 2 N–H and O–H groups in total. The van der Waals surface area contributed by atoms with Crippen molar-refractivity contribution in [3.63, 3.8) is 0 Å². The largest absolute Gasteiger partial charge is 0.356 e. The number of rotatable bonds is 20. The average Bonchev–Trinajstić information content (AvgIpc) is 3.99. The number of benzene rings is 1. The maximum absolute atomic E-state index is 14.1. The fraction of sp³-hybridized carbons (Fsp3) is 0.476. The lowest BCUT2D eigenvalue weighted by molar-refractivity contribution is -0.121. The molecule has 1 aromatic carbocycles. The highest BCUT2D eigenvalue weighted by molar-refractivity contribution is 7.27. The third kappa shape index (κ3) is 7.31. The van der Waals surface area contributed by atoms with E-state index in [0.717, 1.165) is 76.3 Å². The molecule has 0 unspecified atom stereocenters. The Bertz CT molecular complexity index is 2570. The van der Waals surface area contributed by atoms with Crippen LogP contribution in [-0.2, 0) is 22.4 Å². The molecule has 0 saturated heterocycles. The van der Waals surface area contributed by atoms with Crippen molar-refractivity contribution in [1.29, 1.82) is 0 Å². The normalized spacial score (nSPS) is 12.3. The van der Waals surface area contributed by atoms with E-state index in [1.165, 1.54) is 85.4 Å². The summed E-state index contributed by atoms with van der Waals surface area (Å²) < 4.78 is 5.12. The van der Waals surface area contributed by atoms with E-state index < -0.39 is 0 Å². The average molecular weight is 797 g/mol. The van der Waals surface area contributed by atoms with Crippen molar-refractivity contribution in [3.05, 3.63) is 54.7 Å². The third-order valence-electron chi connectivity index (χ3n) is 10.8. The lowest BCUT2D eigenvalue weighted by atomic mass is 10.0. The van der Waals surface area contributed by atoms with Crippen LogP contribution in [0.3, 0.4) is 0 Å². The van der Waals surface area contributed by atoms with Crippen LogP contribution in [0.15, 0.2) is 33.9 Å². The van der Waals surface area contributed by atoms with Crippen LogP contribution < -0.4 is 21.8 Å². The standard InChI is InChI=1S/C42H48N6O4S3/c1-3-5-7-9-11-13-21-43-31(49)19-15-25-23-29-39(53-25)45-37-35-33-27(41(51)47(29)37)17-18-28-34(33)36(55-35)38-46-40-30(48(38)42(28)52)24-26(54-40)16-20-32(50)44-22-14-12-10-8-6-4-2/h17-18,23-24H,3-16,19-22H2,1-2H3,(H,43,49)(H,44,50). The number of carbonyl (C=O) groups is 2. The van der Waals surface area contributed by atoms with Crippen LogP contribution in [-0.4, -0.2) is 43.7 Å². The number of hydrogen-bond donors (Lipinski definition) is 2. The Labute approximate surface area is 330 Å². The van der Waals surface area contributed by atoms with Gasteiger partial charge in [-0.05, 0) is 49.9 Å². The zero-order valence-electron chi connectivity index (χ0n) is 31.7. The van der Waals surface area contributed by atoms with E-state index in [9.17, 15) is 19.2 Å². The zero-order chi connectivity index (χ0) is 38.1. The van der Waals surface area contributed by atoms with Gasteiger partial charge in [0.25, 0.3) is 11.1 Å². The number of pyridine rings is 2. The van der Waals surface area contributed by atoms with Crippen LogP contribution in [0.25, 0.3) is 62.9 Å². The van der Waals surface area contributed by atoms with E-state index in [0.29, 0.717) is 60.8 Å². The van der Waals surface area contributed by atoms with Crippen LogP contribution in [0.1, 0.15) is 113 Å². The van der Waals surface area contributed by atoms with Crippen molar-refractivity contribution in [2.45, 2.75) is 117 Å². The second-order valence-electron chi connectivity index (χ2n) is 14.9. The van der Waals surface area contributed by atoms with Gasteiger partial charge in [0.1, 0.15) is 9.66 Å². The quantitative estimate of drug-likeness (QED) is 0.0585. The maximum atomic E-state index is 14.1. The number of hydrogen-bond acceptors (Lipinski definition) is 9. The number of nitrogens with one attached hydrogen (secondary N) is 2. The minimum absolute atomic E-state index is 0.0506. The number of fused-ring (bicyclic) bond motifs is 8. The lowest BCUT2D eigenvalue weighted by Crippen LogP contribution is -2.24. The molecule has 0 radical (unpaired) electrons. The molecule has 0 fully saturated rings. The molecule has 0 bridgehead atoms. The van der Waals surface area contributed by atoms with Crippen molar-refractivity contribution in [1.82, 2.24) is 29.4 Å². The van der Waals surface area contributed by atoms with E-state index in [1.54, 1.807) is 20.9 Å². The molecular weight excluding hydrogens is 749 g/mol. The fourth-order valence-electron chi connectivity index (χ4n) is 7.91. The first-order chi connectivity index (χ1) is 26.9. The first-order valence-electron chi connectivity index (χ1n) is 20.1. The van der Waals surface area contributed by atoms with Gasteiger partial charge in [-0.1, -0.05) is 78.1 Å². The molecule has 0 saturated carbocycles. The summed E-state index contributed by atoms with van der Waals surface area (Å²) in [6, 6.07) is 7.55. The maximum Gasteiger partial charge on any atom is 0.264 e. The number of carbonyl (C=O) groups excluding carboxylic acids is 2. The van der Waals surface area contributed by atoms with Crippen molar-refractivity contribution >= 4 is 109 Å². The monoisotopic (exact) mass is 796 g/mol. The van der Waals surface area contributed by atoms with E-state index in [-0.39, 0.29) is 22.9 Å². The molecular formula is C42H48N6O4S3. The summed E-state index contributed by atoms with van der Waals surface area (Å²) in [5.74, 6) is 0.101. The van der Waals surface area contributed by atoms with Gasteiger partial charge in [0.15, 0.2) is 11.3 Å². The number of unbranched alkanes of at least 4 members (excludes halogenated alkanes) is 10. The smallest absolute Gasteiger partial charge is 0.264 e. The van der Waals surface area contributed by atoms with Gasteiger partial charge in [0.2, 0.25) is 11.8 Å². The SMILES string of the molecule is CCCCCCCCNC(=O)CCc1cc2c(nc3c4sc5c6c(ccc(c(=O)n23)c46)c(=O)n2c3cc(CCC(=O)NCCCCCCCC)sc3nc52)s1. The molecule has 0 atom stereocenters. The third-order valence-corrected chi connectivity index (χ3v) is 14.2. The summed E-state index contributed by atoms with van der Waals surface area (Å²) in [5.41, 5.74) is 2.36. The highest BCUT2D eigenvalue weighted by atomic mass is 32.1. The number of nitrogens with zero attached hydrogens (tertiary/aromatic N) is 4.